The Balaban J connectivity index is 2.34. The number of thiophene rings is 1. The van der Waals surface area contributed by atoms with E-state index in [9.17, 15) is 4.79 Å². The number of hydrogen-bond donors (Lipinski definition) is 1. The third-order valence-electron chi connectivity index (χ3n) is 2.50. The maximum atomic E-state index is 12.0. The molecule has 0 aliphatic carbocycles. The summed E-state index contributed by atoms with van der Waals surface area (Å²) in [5, 5.41) is 5.17. The maximum Gasteiger partial charge on any atom is 0.271 e. The van der Waals surface area contributed by atoms with Crippen LogP contribution in [0.5, 0.6) is 0 Å². The Morgan fingerprint density at radius 2 is 2.38 bits per heavy atom. The first-order valence-corrected chi connectivity index (χ1v) is 6.26. The summed E-state index contributed by atoms with van der Waals surface area (Å²) < 4.78 is 2.43. The van der Waals surface area contributed by atoms with Crippen molar-refractivity contribution in [3.05, 3.63) is 27.6 Å². The zero-order valence-corrected chi connectivity index (χ0v) is 10.3. The molecule has 86 valence electrons. The summed E-state index contributed by atoms with van der Waals surface area (Å²) in [6, 6.07) is 0. The summed E-state index contributed by atoms with van der Waals surface area (Å²) >= 11 is 1.48. The highest BCUT2D eigenvalue weighted by atomic mass is 32.1. The number of fused-ring (bicyclic) bond motifs is 1. The predicted molar refractivity (Wildman–Crippen MR) is 67.2 cm³/mol. The first kappa shape index (κ1) is 11.3. The van der Waals surface area contributed by atoms with Gasteiger partial charge in [-0.1, -0.05) is 6.92 Å². The normalized spacial score (nSPS) is 11.1. The van der Waals surface area contributed by atoms with Crippen molar-refractivity contribution in [3.63, 3.8) is 0 Å². The second-order valence-corrected chi connectivity index (χ2v) is 4.57. The smallest absolute Gasteiger partial charge is 0.271 e. The summed E-state index contributed by atoms with van der Waals surface area (Å²) in [4.78, 5) is 16.4. The van der Waals surface area contributed by atoms with Crippen LogP contribution >= 0.6 is 11.3 Å². The van der Waals surface area contributed by atoms with Crippen LogP contribution < -0.4 is 10.9 Å². The molecule has 0 fully saturated rings. The van der Waals surface area contributed by atoms with E-state index in [1.54, 1.807) is 10.9 Å². The molecule has 0 bridgehead atoms. The van der Waals surface area contributed by atoms with E-state index in [0.717, 1.165) is 28.9 Å². The van der Waals surface area contributed by atoms with E-state index >= 15 is 0 Å². The minimum absolute atomic E-state index is 0.0704. The molecule has 0 aliphatic heterocycles. The first-order valence-electron chi connectivity index (χ1n) is 5.38. The van der Waals surface area contributed by atoms with Crippen molar-refractivity contribution in [1.82, 2.24) is 14.9 Å². The molecular formula is C11H15N3OS. The van der Waals surface area contributed by atoms with Crippen molar-refractivity contribution in [2.24, 2.45) is 0 Å². The minimum atomic E-state index is 0.0704. The Labute approximate surface area is 97.9 Å². The van der Waals surface area contributed by atoms with Gasteiger partial charge in [0.15, 0.2) is 0 Å². The molecule has 2 aromatic heterocycles. The number of nitrogens with one attached hydrogen (secondary N) is 1. The fraction of sp³-hybridized carbons (Fsp3) is 0.455. The molecule has 0 saturated carbocycles. The largest absolute Gasteiger partial charge is 0.315 e. The molecule has 16 heavy (non-hydrogen) atoms. The van der Waals surface area contributed by atoms with Gasteiger partial charge in [0.1, 0.15) is 4.70 Å². The molecule has 0 unspecified atom stereocenters. The Morgan fingerprint density at radius 1 is 1.56 bits per heavy atom. The highest BCUT2D eigenvalue weighted by molar-refractivity contribution is 7.17. The van der Waals surface area contributed by atoms with Crippen LogP contribution in [0.1, 0.15) is 12.5 Å². The topological polar surface area (TPSA) is 46.9 Å². The molecule has 0 aliphatic rings. The van der Waals surface area contributed by atoms with Crippen LogP contribution in [-0.2, 0) is 6.54 Å². The van der Waals surface area contributed by atoms with Crippen molar-refractivity contribution in [2.45, 2.75) is 20.4 Å². The van der Waals surface area contributed by atoms with E-state index in [0.29, 0.717) is 6.54 Å². The van der Waals surface area contributed by atoms with Gasteiger partial charge in [-0.3, -0.25) is 9.36 Å². The van der Waals surface area contributed by atoms with Gasteiger partial charge in [0.2, 0.25) is 0 Å². The number of hydrogen-bond acceptors (Lipinski definition) is 4. The summed E-state index contributed by atoms with van der Waals surface area (Å²) in [6.45, 7) is 6.42. The molecule has 0 aromatic carbocycles. The number of aromatic nitrogens is 2. The van der Waals surface area contributed by atoms with Crippen LogP contribution in [0.4, 0.5) is 0 Å². The van der Waals surface area contributed by atoms with Gasteiger partial charge in [0.05, 0.1) is 11.8 Å². The lowest BCUT2D eigenvalue weighted by Gasteiger charge is -2.05. The van der Waals surface area contributed by atoms with E-state index in [1.807, 2.05) is 19.2 Å². The molecular weight excluding hydrogens is 222 g/mol. The van der Waals surface area contributed by atoms with Crippen molar-refractivity contribution in [2.75, 3.05) is 13.1 Å². The fourth-order valence-electron chi connectivity index (χ4n) is 1.60. The molecule has 0 radical (unpaired) electrons. The fourth-order valence-corrected chi connectivity index (χ4v) is 2.55. The van der Waals surface area contributed by atoms with Gasteiger partial charge in [0, 0.05) is 13.1 Å². The van der Waals surface area contributed by atoms with Gasteiger partial charge in [-0.2, -0.15) is 0 Å². The van der Waals surface area contributed by atoms with Gasteiger partial charge < -0.3 is 5.32 Å². The van der Waals surface area contributed by atoms with Gasteiger partial charge >= 0.3 is 0 Å². The SMILES string of the molecule is CCNCCn1cnc2c(C)csc2c1=O. The number of likely N-dealkylation sites (N-methyl/N-ethyl adjacent to an activating group) is 1. The van der Waals surface area contributed by atoms with Crippen LogP contribution in [0.25, 0.3) is 10.2 Å². The highest BCUT2D eigenvalue weighted by Gasteiger charge is 2.07. The van der Waals surface area contributed by atoms with E-state index < -0.39 is 0 Å². The first-order chi connectivity index (χ1) is 7.74. The van der Waals surface area contributed by atoms with Crippen LogP contribution in [0.15, 0.2) is 16.5 Å². The van der Waals surface area contributed by atoms with Crippen molar-refractivity contribution < 1.29 is 0 Å². The maximum absolute atomic E-state index is 12.0. The Hall–Kier alpha value is -1.20. The van der Waals surface area contributed by atoms with Gasteiger partial charge in [-0.05, 0) is 24.4 Å². The molecule has 0 spiro atoms. The standard InChI is InChI=1S/C11H15N3OS/c1-3-12-4-5-14-7-13-9-8(2)6-16-10(9)11(14)15/h6-7,12H,3-5H2,1-2H3. The zero-order chi connectivity index (χ0) is 11.5. The molecule has 2 rings (SSSR count). The quantitative estimate of drug-likeness (QED) is 0.817. The van der Waals surface area contributed by atoms with Crippen molar-refractivity contribution in [1.29, 1.82) is 0 Å². The second kappa shape index (κ2) is 4.76. The summed E-state index contributed by atoms with van der Waals surface area (Å²) in [6.07, 6.45) is 1.64. The average Bonchev–Trinajstić information content (AvgIpc) is 2.65. The molecule has 0 atom stereocenters. The molecule has 1 N–H and O–H groups in total. The third-order valence-corrected chi connectivity index (χ3v) is 3.58. The number of aryl methyl sites for hydroxylation is 1. The van der Waals surface area contributed by atoms with Gasteiger partial charge in [-0.15, -0.1) is 11.3 Å². The average molecular weight is 237 g/mol. The lowest BCUT2D eigenvalue weighted by molar-refractivity contribution is 0.596. The summed E-state index contributed by atoms with van der Waals surface area (Å²) in [7, 11) is 0. The monoisotopic (exact) mass is 237 g/mol. The summed E-state index contributed by atoms with van der Waals surface area (Å²) in [5.74, 6) is 0. The molecule has 0 amide bonds. The Morgan fingerprint density at radius 3 is 3.12 bits per heavy atom. The minimum Gasteiger partial charge on any atom is -0.315 e. The third kappa shape index (κ3) is 2.01. The van der Waals surface area contributed by atoms with Crippen LogP contribution in [0.3, 0.4) is 0 Å². The van der Waals surface area contributed by atoms with Gasteiger partial charge in [0.25, 0.3) is 5.56 Å². The zero-order valence-electron chi connectivity index (χ0n) is 9.49. The van der Waals surface area contributed by atoms with E-state index in [2.05, 4.69) is 10.3 Å². The molecule has 2 heterocycles. The highest BCUT2D eigenvalue weighted by Crippen LogP contribution is 2.19. The van der Waals surface area contributed by atoms with Crippen molar-refractivity contribution in [3.8, 4) is 0 Å². The lowest BCUT2D eigenvalue weighted by atomic mass is 10.3. The molecule has 0 saturated heterocycles. The second-order valence-electron chi connectivity index (χ2n) is 3.69. The van der Waals surface area contributed by atoms with Crippen LogP contribution in [0, 0.1) is 6.92 Å². The Bertz CT molecular complexity index is 544. The van der Waals surface area contributed by atoms with Gasteiger partial charge in [-0.25, -0.2) is 4.98 Å². The molecule has 4 nitrogen and oxygen atoms in total. The molecule has 2 aromatic rings. The summed E-state index contributed by atoms with van der Waals surface area (Å²) in [5.41, 5.74) is 1.99. The van der Waals surface area contributed by atoms with Crippen molar-refractivity contribution >= 4 is 21.6 Å². The number of rotatable bonds is 4. The van der Waals surface area contributed by atoms with E-state index in [1.165, 1.54) is 11.3 Å². The number of nitrogens with zero attached hydrogens (tertiary/aromatic N) is 2. The van der Waals surface area contributed by atoms with Crippen LogP contribution in [-0.4, -0.2) is 22.6 Å². The van der Waals surface area contributed by atoms with Crippen LogP contribution in [0.2, 0.25) is 0 Å². The predicted octanol–water partition coefficient (Wildman–Crippen LogP) is 1.38. The van der Waals surface area contributed by atoms with E-state index in [-0.39, 0.29) is 5.56 Å². The van der Waals surface area contributed by atoms with E-state index in [4.69, 9.17) is 0 Å². The lowest BCUT2D eigenvalue weighted by Crippen LogP contribution is -2.26. The Kier molecular flexibility index (Phi) is 3.36. The molecule has 5 heteroatoms.